The third-order valence-electron chi connectivity index (χ3n) is 7.07. The number of alkyl halides is 6. The number of hydrogen-bond donors (Lipinski definition) is 3. The zero-order valence-corrected chi connectivity index (χ0v) is 20.2. The van der Waals surface area contributed by atoms with Gasteiger partial charge in [-0.3, -0.25) is 9.48 Å². The molecule has 3 aromatic heterocycles. The minimum absolute atomic E-state index is 0.106. The molecule has 4 bridgehead atoms. The molecule has 3 saturated heterocycles. The number of aryl methyl sites for hydroxylation is 1. The fourth-order valence-electron chi connectivity index (χ4n) is 5.55. The monoisotopic (exact) mass is 560 g/mol. The number of halogens is 6. The fourth-order valence-corrected chi connectivity index (χ4v) is 5.55. The highest BCUT2D eigenvalue weighted by Crippen LogP contribution is 2.42. The number of anilines is 2. The maximum Gasteiger partial charge on any atom is 0.490 e. The van der Waals surface area contributed by atoms with E-state index in [0.717, 1.165) is 42.4 Å². The maximum atomic E-state index is 13.2. The van der Waals surface area contributed by atoms with Gasteiger partial charge in [0.05, 0.1) is 11.9 Å². The van der Waals surface area contributed by atoms with Crippen molar-refractivity contribution in [2.75, 3.05) is 10.2 Å². The SMILES string of the molecule is Cn1cc(NC(=O)c2cnn3ccc(N4C5CCC4C4CCC5N4)nc23)c(C(F)(F)F)n1.O=C(O)C(F)(F)F. The molecule has 3 fully saturated rings. The first-order valence-corrected chi connectivity index (χ1v) is 11.8. The lowest BCUT2D eigenvalue weighted by molar-refractivity contribution is -0.192. The van der Waals surface area contributed by atoms with Crippen molar-refractivity contribution >= 4 is 29.0 Å². The van der Waals surface area contributed by atoms with Gasteiger partial charge >= 0.3 is 18.3 Å². The van der Waals surface area contributed by atoms with Crippen LogP contribution in [0.5, 0.6) is 0 Å². The summed E-state index contributed by atoms with van der Waals surface area (Å²) in [6.07, 6.45) is -1.09. The van der Waals surface area contributed by atoms with E-state index in [1.54, 1.807) is 6.20 Å². The summed E-state index contributed by atoms with van der Waals surface area (Å²) < 4.78 is 74.0. The third kappa shape index (κ3) is 4.97. The van der Waals surface area contributed by atoms with Crippen molar-refractivity contribution < 1.29 is 41.0 Å². The Labute approximate surface area is 215 Å². The van der Waals surface area contributed by atoms with Crippen LogP contribution in [0, 0.1) is 0 Å². The van der Waals surface area contributed by atoms with Crippen LogP contribution in [-0.4, -0.2) is 71.7 Å². The van der Waals surface area contributed by atoms with E-state index in [0.29, 0.717) is 29.8 Å². The first-order valence-electron chi connectivity index (χ1n) is 11.8. The first-order chi connectivity index (χ1) is 18.2. The molecule has 6 rings (SSSR count). The Kier molecular flexibility index (Phi) is 6.43. The van der Waals surface area contributed by atoms with Crippen molar-refractivity contribution in [2.24, 2.45) is 7.05 Å². The van der Waals surface area contributed by atoms with Gasteiger partial charge in [0.25, 0.3) is 5.91 Å². The summed E-state index contributed by atoms with van der Waals surface area (Å²) in [6, 6.07) is 3.49. The number of nitrogens with one attached hydrogen (secondary N) is 2. The molecule has 0 saturated carbocycles. The molecule has 17 heteroatoms. The van der Waals surface area contributed by atoms with Gasteiger partial charge in [-0.1, -0.05) is 0 Å². The van der Waals surface area contributed by atoms with Gasteiger partial charge in [0.1, 0.15) is 11.4 Å². The summed E-state index contributed by atoms with van der Waals surface area (Å²) in [5.41, 5.74) is -1.14. The van der Waals surface area contributed by atoms with Gasteiger partial charge in [-0.25, -0.2) is 14.3 Å². The summed E-state index contributed by atoms with van der Waals surface area (Å²) >= 11 is 0. The quantitative estimate of drug-likeness (QED) is 0.417. The van der Waals surface area contributed by atoms with Crippen molar-refractivity contribution in [3.8, 4) is 0 Å². The molecule has 4 atom stereocenters. The van der Waals surface area contributed by atoms with Crippen molar-refractivity contribution in [3.63, 3.8) is 0 Å². The van der Waals surface area contributed by atoms with E-state index in [9.17, 15) is 31.1 Å². The van der Waals surface area contributed by atoms with E-state index in [-0.39, 0.29) is 5.56 Å². The molecule has 3 N–H and O–H groups in total. The van der Waals surface area contributed by atoms with Gasteiger partial charge in [0, 0.05) is 43.6 Å². The average molecular weight is 560 g/mol. The highest BCUT2D eigenvalue weighted by molar-refractivity contribution is 6.08. The lowest BCUT2D eigenvalue weighted by Crippen LogP contribution is -2.58. The van der Waals surface area contributed by atoms with Crippen LogP contribution < -0.4 is 15.5 Å². The van der Waals surface area contributed by atoms with E-state index in [1.807, 2.05) is 6.07 Å². The normalized spacial score (nSPS) is 24.0. The highest BCUT2D eigenvalue weighted by Gasteiger charge is 2.51. The Hall–Kier alpha value is -3.89. The predicted octanol–water partition coefficient (Wildman–Crippen LogP) is 2.84. The summed E-state index contributed by atoms with van der Waals surface area (Å²) in [4.78, 5) is 28.9. The number of carboxylic acids is 1. The molecule has 0 aromatic carbocycles. The Morgan fingerprint density at radius 3 is 2.26 bits per heavy atom. The molecular weight excluding hydrogens is 538 g/mol. The highest BCUT2D eigenvalue weighted by atomic mass is 19.4. The van der Waals surface area contributed by atoms with Crippen LogP contribution in [0.3, 0.4) is 0 Å². The average Bonchev–Trinajstić information content (AvgIpc) is 3.59. The zero-order chi connectivity index (χ0) is 28.3. The number of carbonyl (C=O) groups excluding carboxylic acids is 1. The number of aromatic nitrogens is 5. The summed E-state index contributed by atoms with van der Waals surface area (Å²) in [5.74, 6) is -2.70. The number of hydrogen-bond acceptors (Lipinski definition) is 7. The van der Waals surface area contributed by atoms with Crippen molar-refractivity contribution in [1.82, 2.24) is 29.7 Å². The second-order valence-electron chi connectivity index (χ2n) is 9.51. The first kappa shape index (κ1) is 26.7. The zero-order valence-electron chi connectivity index (χ0n) is 20.2. The molecule has 0 spiro atoms. The molecule has 6 heterocycles. The lowest BCUT2D eigenvalue weighted by Gasteiger charge is -2.41. The number of fused-ring (bicyclic) bond motifs is 7. The Bertz CT molecular complexity index is 1400. The van der Waals surface area contributed by atoms with Gasteiger partial charge < -0.3 is 20.6 Å². The molecule has 0 radical (unpaired) electrons. The Balaban J connectivity index is 0.000000392. The fraction of sp³-hybridized carbons (Fsp3) is 0.500. The van der Waals surface area contributed by atoms with Crippen LogP contribution in [0.15, 0.2) is 24.7 Å². The number of piperazine rings is 1. The van der Waals surface area contributed by atoms with E-state index in [1.165, 1.54) is 17.8 Å². The number of rotatable bonds is 3. The number of carboxylic acid groups (broad SMARTS) is 1. The molecule has 4 unspecified atom stereocenters. The number of amides is 1. The van der Waals surface area contributed by atoms with Crippen LogP contribution in [0.4, 0.5) is 37.8 Å². The minimum atomic E-state index is -5.08. The van der Waals surface area contributed by atoms with Crippen LogP contribution in [0.1, 0.15) is 41.7 Å². The molecule has 3 aliphatic rings. The van der Waals surface area contributed by atoms with Gasteiger partial charge in [0.15, 0.2) is 11.3 Å². The van der Waals surface area contributed by atoms with Gasteiger partial charge in [-0.15, -0.1) is 0 Å². The van der Waals surface area contributed by atoms with Crippen molar-refractivity contribution in [1.29, 1.82) is 0 Å². The number of nitrogens with zero attached hydrogens (tertiary/aromatic N) is 6. The third-order valence-corrected chi connectivity index (χ3v) is 7.07. The molecule has 3 aromatic rings. The summed E-state index contributed by atoms with van der Waals surface area (Å²) in [5, 5.41) is 20.7. The molecule has 0 aliphatic carbocycles. The van der Waals surface area contributed by atoms with E-state index < -0.39 is 35.6 Å². The smallest absolute Gasteiger partial charge is 0.475 e. The largest absolute Gasteiger partial charge is 0.490 e. The standard InChI is InChI=1S/C20H21F3N8O.C2HF3O2/c1-29-9-13(17(28-29)20(21,22)23)26-19(32)10-8-24-30-7-6-16(27-18(10)30)31-14-4-5-15(31)12-3-2-11(14)25-12;3-2(4,5)1(6)7/h6-9,11-12,14-15,25H,2-5H2,1H3,(H,26,32);(H,6,7). The van der Waals surface area contributed by atoms with Crippen LogP contribution >= 0.6 is 0 Å². The molecule has 39 heavy (non-hydrogen) atoms. The summed E-state index contributed by atoms with van der Waals surface area (Å²) in [7, 11) is 1.36. The summed E-state index contributed by atoms with van der Waals surface area (Å²) in [6.45, 7) is 0. The minimum Gasteiger partial charge on any atom is -0.475 e. The van der Waals surface area contributed by atoms with Crippen LogP contribution in [0.2, 0.25) is 0 Å². The van der Waals surface area contributed by atoms with Gasteiger partial charge in [0.2, 0.25) is 0 Å². The van der Waals surface area contributed by atoms with Crippen LogP contribution in [0.25, 0.3) is 5.65 Å². The Morgan fingerprint density at radius 1 is 1.08 bits per heavy atom. The van der Waals surface area contributed by atoms with Crippen molar-refractivity contribution in [2.45, 2.75) is 62.2 Å². The maximum absolute atomic E-state index is 13.2. The van der Waals surface area contributed by atoms with Gasteiger partial charge in [-0.05, 0) is 31.7 Å². The molecular formula is C22H22F6N8O3. The lowest BCUT2D eigenvalue weighted by atomic mass is 10.0. The number of aliphatic carboxylic acids is 1. The molecule has 3 aliphatic heterocycles. The topological polar surface area (TPSA) is 130 Å². The molecule has 11 nitrogen and oxygen atoms in total. The van der Waals surface area contributed by atoms with E-state index >= 15 is 0 Å². The predicted molar refractivity (Wildman–Crippen MR) is 122 cm³/mol. The second kappa shape index (κ2) is 9.39. The molecule has 210 valence electrons. The van der Waals surface area contributed by atoms with Crippen molar-refractivity contribution in [3.05, 3.63) is 35.9 Å². The number of carbonyl (C=O) groups is 2. The van der Waals surface area contributed by atoms with E-state index in [2.05, 4.69) is 25.7 Å². The van der Waals surface area contributed by atoms with Gasteiger partial charge in [-0.2, -0.15) is 36.5 Å². The van der Waals surface area contributed by atoms with E-state index in [4.69, 9.17) is 14.9 Å². The Morgan fingerprint density at radius 2 is 1.69 bits per heavy atom. The van der Waals surface area contributed by atoms with Crippen LogP contribution in [-0.2, 0) is 18.0 Å². The molecule has 1 amide bonds. The second-order valence-corrected chi connectivity index (χ2v) is 9.51.